The van der Waals surface area contributed by atoms with Crippen molar-refractivity contribution in [1.29, 1.82) is 0 Å². The summed E-state index contributed by atoms with van der Waals surface area (Å²) in [6.45, 7) is 1.74. The fraction of sp³-hybridized carbons (Fsp3) is 0.250. The van der Waals surface area contributed by atoms with E-state index in [1.54, 1.807) is 13.0 Å². The van der Waals surface area contributed by atoms with E-state index in [1.165, 1.54) is 36.4 Å². The molecule has 5 nitrogen and oxygen atoms in total. The van der Waals surface area contributed by atoms with Crippen molar-refractivity contribution in [2.45, 2.75) is 36.5 Å². The summed E-state index contributed by atoms with van der Waals surface area (Å²) in [4.78, 5) is 12.4. The van der Waals surface area contributed by atoms with Crippen molar-refractivity contribution in [3.8, 4) is 0 Å². The van der Waals surface area contributed by atoms with Crippen molar-refractivity contribution in [2.75, 3.05) is 0 Å². The van der Waals surface area contributed by atoms with Crippen LogP contribution in [-0.4, -0.2) is 20.4 Å². The number of fused-ring (bicyclic) bond motifs is 1. The Balaban J connectivity index is 1.66. The Morgan fingerprint density at radius 3 is 2.56 bits per heavy atom. The molecular formula is C20H18FNO4S. The summed E-state index contributed by atoms with van der Waals surface area (Å²) >= 11 is 0. The minimum atomic E-state index is -3.62. The third-order valence-corrected chi connectivity index (χ3v) is 6.34. The van der Waals surface area contributed by atoms with Crippen molar-refractivity contribution in [2.24, 2.45) is 0 Å². The van der Waals surface area contributed by atoms with Crippen LogP contribution in [0.2, 0.25) is 0 Å². The Labute approximate surface area is 156 Å². The molecule has 0 bridgehead atoms. The first-order chi connectivity index (χ1) is 12.8. The van der Waals surface area contributed by atoms with Crippen molar-refractivity contribution >= 4 is 26.7 Å². The molecule has 1 aromatic heterocycles. The summed E-state index contributed by atoms with van der Waals surface area (Å²) in [5.41, 5.74) is 1.58. The summed E-state index contributed by atoms with van der Waals surface area (Å²) in [6, 6.07) is 10.1. The van der Waals surface area contributed by atoms with Crippen molar-refractivity contribution in [3.63, 3.8) is 0 Å². The monoisotopic (exact) mass is 387 g/mol. The Kier molecular flexibility index (Phi) is 4.26. The second kappa shape index (κ2) is 6.49. The van der Waals surface area contributed by atoms with Gasteiger partial charge in [0.25, 0.3) is 5.91 Å². The average Bonchev–Trinajstić information content (AvgIpc) is 3.38. The normalized spacial score (nSPS) is 14.4. The molecule has 1 aliphatic carbocycles. The van der Waals surface area contributed by atoms with Gasteiger partial charge in [-0.2, -0.15) is 0 Å². The molecular weight excluding hydrogens is 369 g/mol. The molecule has 1 heterocycles. The molecule has 1 N–H and O–H groups in total. The largest absolute Gasteiger partial charge is 0.451 e. The zero-order valence-corrected chi connectivity index (χ0v) is 15.5. The van der Waals surface area contributed by atoms with E-state index in [4.69, 9.17) is 4.42 Å². The topological polar surface area (TPSA) is 76.4 Å². The SMILES string of the molecule is Cc1c(C(=O)NC2CC2)oc2ccc(S(=O)(=O)Cc3ccc(F)cc3)cc12. The number of nitrogens with one attached hydrogen (secondary N) is 1. The predicted molar refractivity (Wildman–Crippen MR) is 98.7 cm³/mol. The summed E-state index contributed by atoms with van der Waals surface area (Å²) < 4.78 is 44.1. The number of hydrogen-bond donors (Lipinski definition) is 1. The highest BCUT2D eigenvalue weighted by molar-refractivity contribution is 7.90. The van der Waals surface area contributed by atoms with E-state index in [0.29, 0.717) is 22.1 Å². The zero-order chi connectivity index (χ0) is 19.2. The summed E-state index contributed by atoms with van der Waals surface area (Å²) in [7, 11) is -3.62. The second-order valence-corrected chi connectivity index (χ2v) is 8.84. The number of aryl methyl sites for hydroxylation is 1. The van der Waals surface area contributed by atoms with E-state index < -0.39 is 15.7 Å². The van der Waals surface area contributed by atoms with E-state index in [-0.39, 0.29) is 28.4 Å². The van der Waals surface area contributed by atoms with Gasteiger partial charge in [-0.15, -0.1) is 0 Å². The molecule has 2 aromatic carbocycles. The van der Waals surface area contributed by atoms with Crippen LogP contribution in [0.25, 0.3) is 11.0 Å². The summed E-state index contributed by atoms with van der Waals surface area (Å²) in [5.74, 6) is -0.708. The van der Waals surface area contributed by atoms with E-state index in [9.17, 15) is 17.6 Å². The fourth-order valence-corrected chi connectivity index (χ4v) is 4.34. The molecule has 1 amide bonds. The van der Waals surface area contributed by atoms with E-state index in [0.717, 1.165) is 12.8 Å². The third-order valence-electron chi connectivity index (χ3n) is 4.66. The van der Waals surface area contributed by atoms with Gasteiger partial charge in [0.05, 0.1) is 10.6 Å². The maximum atomic E-state index is 13.0. The Morgan fingerprint density at radius 2 is 1.89 bits per heavy atom. The molecule has 27 heavy (non-hydrogen) atoms. The van der Waals surface area contributed by atoms with Crippen LogP contribution in [0.3, 0.4) is 0 Å². The fourth-order valence-electron chi connectivity index (χ4n) is 2.97. The van der Waals surface area contributed by atoms with Gasteiger partial charge in [-0.1, -0.05) is 12.1 Å². The van der Waals surface area contributed by atoms with E-state index >= 15 is 0 Å². The van der Waals surface area contributed by atoms with E-state index in [2.05, 4.69) is 5.32 Å². The van der Waals surface area contributed by atoms with Crippen LogP contribution in [0.15, 0.2) is 51.8 Å². The van der Waals surface area contributed by atoms with Gasteiger partial charge in [-0.25, -0.2) is 12.8 Å². The number of hydrogen-bond acceptors (Lipinski definition) is 4. The molecule has 1 fully saturated rings. The van der Waals surface area contributed by atoms with Crippen molar-refractivity contribution in [3.05, 3.63) is 65.2 Å². The lowest BCUT2D eigenvalue weighted by molar-refractivity contribution is 0.0924. The second-order valence-electron chi connectivity index (χ2n) is 6.85. The highest BCUT2D eigenvalue weighted by Gasteiger charge is 2.27. The van der Waals surface area contributed by atoms with Gasteiger partial charge >= 0.3 is 0 Å². The molecule has 1 aliphatic rings. The summed E-state index contributed by atoms with van der Waals surface area (Å²) in [6.07, 6.45) is 1.94. The number of carbonyl (C=O) groups is 1. The number of halogens is 1. The minimum absolute atomic E-state index is 0.136. The van der Waals surface area contributed by atoms with Crippen LogP contribution < -0.4 is 5.32 Å². The average molecular weight is 387 g/mol. The Bertz CT molecular complexity index is 1130. The first-order valence-electron chi connectivity index (χ1n) is 8.65. The van der Waals surface area contributed by atoms with Gasteiger partial charge in [-0.05, 0) is 55.7 Å². The highest BCUT2D eigenvalue weighted by atomic mass is 32.2. The van der Waals surface area contributed by atoms with Crippen LogP contribution in [0.4, 0.5) is 4.39 Å². The maximum Gasteiger partial charge on any atom is 0.287 e. The van der Waals surface area contributed by atoms with Gasteiger partial charge in [0.15, 0.2) is 15.6 Å². The van der Waals surface area contributed by atoms with Gasteiger partial charge in [-0.3, -0.25) is 4.79 Å². The van der Waals surface area contributed by atoms with Crippen molar-refractivity contribution in [1.82, 2.24) is 5.32 Å². The molecule has 0 spiro atoms. The van der Waals surface area contributed by atoms with Gasteiger partial charge in [0.1, 0.15) is 11.4 Å². The number of rotatable bonds is 5. The minimum Gasteiger partial charge on any atom is -0.451 e. The highest BCUT2D eigenvalue weighted by Crippen LogP contribution is 2.29. The molecule has 3 aromatic rings. The summed E-state index contributed by atoms with van der Waals surface area (Å²) in [5, 5.41) is 3.47. The first kappa shape index (κ1) is 17.7. The molecule has 0 saturated heterocycles. The molecule has 140 valence electrons. The lowest BCUT2D eigenvalue weighted by atomic mass is 10.1. The molecule has 0 unspecified atom stereocenters. The number of sulfone groups is 1. The Hall–Kier alpha value is -2.67. The smallest absolute Gasteiger partial charge is 0.287 e. The molecule has 7 heteroatoms. The molecule has 4 rings (SSSR count). The third kappa shape index (κ3) is 3.60. The Morgan fingerprint density at radius 1 is 1.19 bits per heavy atom. The standard InChI is InChI=1S/C20H18FNO4S/c1-12-17-10-16(27(24,25)11-13-2-4-14(21)5-3-13)8-9-18(17)26-19(12)20(23)22-15-6-7-15/h2-5,8-10,15H,6-7,11H2,1H3,(H,22,23). The number of benzene rings is 2. The van der Waals surface area contributed by atoms with Crippen LogP contribution in [-0.2, 0) is 15.6 Å². The van der Waals surface area contributed by atoms with Gasteiger partial charge < -0.3 is 9.73 Å². The zero-order valence-electron chi connectivity index (χ0n) is 14.7. The number of carbonyl (C=O) groups excluding carboxylic acids is 1. The van der Waals surface area contributed by atoms with Crippen LogP contribution in [0.1, 0.15) is 34.5 Å². The van der Waals surface area contributed by atoms with Gasteiger partial charge in [0, 0.05) is 17.0 Å². The van der Waals surface area contributed by atoms with Crippen LogP contribution in [0, 0.1) is 12.7 Å². The first-order valence-corrected chi connectivity index (χ1v) is 10.3. The lowest BCUT2D eigenvalue weighted by Gasteiger charge is -2.05. The quantitative estimate of drug-likeness (QED) is 0.723. The van der Waals surface area contributed by atoms with Gasteiger partial charge in [0.2, 0.25) is 0 Å². The predicted octanol–water partition coefficient (Wildman–Crippen LogP) is 3.75. The molecule has 0 atom stereocenters. The maximum absolute atomic E-state index is 13.0. The van der Waals surface area contributed by atoms with Crippen molar-refractivity contribution < 1.29 is 22.0 Å². The molecule has 1 saturated carbocycles. The van der Waals surface area contributed by atoms with Crippen LogP contribution in [0.5, 0.6) is 0 Å². The van der Waals surface area contributed by atoms with E-state index in [1.807, 2.05) is 0 Å². The molecule has 0 radical (unpaired) electrons. The molecule has 0 aliphatic heterocycles. The lowest BCUT2D eigenvalue weighted by Crippen LogP contribution is -2.25. The number of furan rings is 1. The van der Waals surface area contributed by atoms with Crippen LogP contribution >= 0.6 is 0 Å². The number of amides is 1.